The summed E-state index contributed by atoms with van der Waals surface area (Å²) in [5, 5.41) is 12.0. The van der Waals surface area contributed by atoms with E-state index >= 15 is 0 Å². The number of benzene rings is 1. The number of hydrogen-bond acceptors (Lipinski definition) is 5. The molecule has 4 rings (SSSR count). The van der Waals surface area contributed by atoms with Crippen LogP contribution in [0.4, 0.5) is 5.69 Å². The van der Waals surface area contributed by atoms with Gasteiger partial charge in [-0.1, -0.05) is 25.1 Å². The lowest BCUT2D eigenvalue weighted by Gasteiger charge is -2.12. The Labute approximate surface area is 157 Å². The van der Waals surface area contributed by atoms with E-state index in [2.05, 4.69) is 11.9 Å². The first-order valence-electron chi connectivity index (χ1n) is 8.97. The number of aromatic nitrogens is 3. The Balaban J connectivity index is 2.06. The van der Waals surface area contributed by atoms with Gasteiger partial charge >= 0.3 is 0 Å². The third-order valence-electron chi connectivity index (χ3n) is 4.81. The molecular formula is C21H22N4O2. The number of ether oxygens (including phenoxy) is 1. The summed E-state index contributed by atoms with van der Waals surface area (Å²) in [6.45, 7) is 4.70. The molecule has 0 atom stereocenters. The summed E-state index contributed by atoms with van der Waals surface area (Å²) in [7, 11) is 1.61. The number of pyridine rings is 2. The number of fused-ring (bicyclic) bond motifs is 2. The standard InChI is InChI=1S/C21H22N4O2/c1-4-10-25-11-16-17(21(25)26)18(22)15-7-5-6-13(19(15)24-16)14-9-8-12(2)23-20(14)27-3/h5-9,11,26H,4,10,22H2,1-3H3. The molecule has 1 aromatic carbocycles. The van der Waals surface area contributed by atoms with Gasteiger partial charge in [0, 0.05) is 34.9 Å². The van der Waals surface area contributed by atoms with Gasteiger partial charge in [-0.3, -0.25) is 0 Å². The van der Waals surface area contributed by atoms with E-state index < -0.39 is 0 Å². The lowest BCUT2D eigenvalue weighted by atomic mass is 10.0. The summed E-state index contributed by atoms with van der Waals surface area (Å²) in [5.74, 6) is 0.716. The van der Waals surface area contributed by atoms with Crippen LogP contribution in [0.2, 0.25) is 0 Å². The van der Waals surface area contributed by atoms with Crippen LogP contribution in [0.3, 0.4) is 0 Å². The zero-order valence-corrected chi connectivity index (χ0v) is 15.7. The Kier molecular flexibility index (Phi) is 4.11. The van der Waals surface area contributed by atoms with Crippen molar-refractivity contribution in [2.75, 3.05) is 12.8 Å². The minimum absolute atomic E-state index is 0.165. The lowest BCUT2D eigenvalue weighted by molar-refractivity contribution is 0.399. The second-order valence-corrected chi connectivity index (χ2v) is 6.64. The number of aromatic hydroxyl groups is 1. The van der Waals surface area contributed by atoms with Gasteiger partial charge in [0.15, 0.2) is 0 Å². The molecule has 138 valence electrons. The van der Waals surface area contributed by atoms with Crippen molar-refractivity contribution < 1.29 is 9.84 Å². The highest BCUT2D eigenvalue weighted by Crippen LogP contribution is 2.40. The van der Waals surface area contributed by atoms with Gasteiger partial charge in [0.05, 0.1) is 29.2 Å². The largest absolute Gasteiger partial charge is 0.494 e. The number of hydrogen-bond donors (Lipinski definition) is 2. The maximum absolute atomic E-state index is 10.6. The molecule has 0 aliphatic rings. The second-order valence-electron chi connectivity index (χ2n) is 6.64. The number of aryl methyl sites for hydroxylation is 2. The van der Waals surface area contributed by atoms with Crippen molar-refractivity contribution in [1.82, 2.24) is 14.5 Å². The molecule has 3 heterocycles. The van der Waals surface area contributed by atoms with Crippen molar-refractivity contribution in [2.45, 2.75) is 26.8 Å². The molecule has 27 heavy (non-hydrogen) atoms. The first kappa shape index (κ1) is 17.1. The third kappa shape index (κ3) is 2.65. The summed E-state index contributed by atoms with van der Waals surface area (Å²) in [6.07, 6.45) is 2.76. The third-order valence-corrected chi connectivity index (χ3v) is 4.81. The fraction of sp³-hybridized carbons (Fsp3) is 0.238. The van der Waals surface area contributed by atoms with Gasteiger partial charge in [-0.2, -0.15) is 0 Å². The highest BCUT2D eigenvalue weighted by atomic mass is 16.5. The van der Waals surface area contributed by atoms with Crippen LogP contribution < -0.4 is 10.5 Å². The van der Waals surface area contributed by atoms with E-state index in [0.717, 1.165) is 34.1 Å². The lowest BCUT2D eigenvalue weighted by Crippen LogP contribution is -1.96. The van der Waals surface area contributed by atoms with Gasteiger partial charge in [-0.15, -0.1) is 0 Å². The van der Waals surface area contributed by atoms with E-state index in [1.165, 1.54) is 0 Å². The molecule has 0 saturated heterocycles. The first-order valence-corrected chi connectivity index (χ1v) is 8.97. The van der Waals surface area contributed by atoms with E-state index in [9.17, 15) is 5.11 Å². The molecule has 0 bridgehead atoms. The van der Waals surface area contributed by atoms with Crippen LogP contribution in [0, 0.1) is 6.92 Å². The topological polar surface area (TPSA) is 86.2 Å². The number of nitrogens with zero attached hydrogens (tertiary/aromatic N) is 3. The van der Waals surface area contributed by atoms with Crippen molar-refractivity contribution in [1.29, 1.82) is 0 Å². The number of methoxy groups -OCH3 is 1. The van der Waals surface area contributed by atoms with Gasteiger partial charge in [0.1, 0.15) is 0 Å². The molecule has 0 amide bonds. The molecular weight excluding hydrogens is 340 g/mol. The second kappa shape index (κ2) is 6.46. The summed E-state index contributed by atoms with van der Waals surface area (Å²) >= 11 is 0. The Hall–Kier alpha value is -3.28. The molecule has 0 aliphatic carbocycles. The van der Waals surface area contributed by atoms with Crippen LogP contribution in [0.5, 0.6) is 11.8 Å². The van der Waals surface area contributed by atoms with Crippen LogP contribution in [0.1, 0.15) is 19.0 Å². The van der Waals surface area contributed by atoms with Crippen LogP contribution in [-0.4, -0.2) is 26.8 Å². The maximum Gasteiger partial charge on any atom is 0.221 e. The van der Waals surface area contributed by atoms with Crippen molar-refractivity contribution in [2.24, 2.45) is 0 Å². The van der Waals surface area contributed by atoms with Crippen molar-refractivity contribution in [3.8, 4) is 22.9 Å². The Morgan fingerprint density at radius 3 is 2.70 bits per heavy atom. The molecule has 3 aromatic heterocycles. The van der Waals surface area contributed by atoms with Gasteiger partial charge in [-0.05, 0) is 25.5 Å². The molecule has 4 aromatic rings. The first-order chi connectivity index (χ1) is 13.0. The maximum atomic E-state index is 10.6. The Bertz CT molecular complexity index is 1160. The SMILES string of the molecule is CCCn1cc2nc3c(-c4ccc(C)nc4OC)cccc3c(N)c2c1O. The molecule has 6 heteroatoms. The number of rotatable bonds is 4. The molecule has 0 fully saturated rings. The molecule has 0 saturated carbocycles. The van der Waals surface area contributed by atoms with Crippen LogP contribution in [0.25, 0.3) is 32.9 Å². The molecule has 3 N–H and O–H groups in total. The highest BCUT2D eigenvalue weighted by Gasteiger charge is 2.18. The van der Waals surface area contributed by atoms with Gasteiger partial charge < -0.3 is 20.1 Å². The minimum atomic E-state index is 0.165. The highest BCUT2D eigenvalue weighted by molar-refractivity contribution is 6.12. The average Bonchev–Trinajstić information content (AvgIpc) is 2.98. The Morgan fingerprint density at radius 1 is 1.15 bits per heavy atom. The fourth-order valence-corrected chi connectivity index (χ4v) is 3.53. The summed E-state index contributed by atoms with van der Waals surface area (Å²) in [6, 6.07) is 9.77. The van der Waals surface area contributed by atoms with E-state index in [1.54, 1.807) is 11.7 Å². The number of nitrogens with two attached hydrogens (primary N) is 1. The number of anilines is 1. The van der Waals surface area contributed by atoms with E-state index in [1.807, 2.05) is 43.5 Å². The van der Waals surface area contributed by atoms with Crippen LogP contribution >= 0.6 is 0 Å². The zero-order valence-electron chi connectivity index (χ0n) is 15.7. The quantitative estimate of drug-likeness (QED) is 0.566. The van der Waals surface area contributed by atoms with Gasteiger partial charge in [0.2, 0.25) is 11.8 Å². The summed E-state index contributed by atoms with van der Waals surface area (Å²) in [5.41, 5.74) is 11.1. The summed E-state index contributed by atoms with van der Waals surface area (Å²) < 4.78 is 7.28. The number of para-hydroxylation sites is 1. The van der Waals surface area contributed by atoms with Gasteiger partial charge in [0.25, 0.3) is 0 Å². The molecule has 6 nitrogen and oxygen atoms in total. The predicted octanol–water partition coefficient (Wildman–Crippen LogP) is 4.27. The summed E-state index contributed by atoms with van der Waals surface area (Å²) in [4.78, 5) is 9.31. The van der Waals surface area contributed by atoms with Crippen LogP contribution in [0.15, 0.2) is 36.5 Å². The number of nitrogen functional groups attached to an aromatic ring is 1. The zero-order chi connectivity index (χ0) is 19.1. The molecule has 0 radical (unpaired) electrons. The normalized spacial score (nSPS) is 11.4. The average molecular weight is 362 g/mol. The van der Waals surface area contributed by atoms with Crippen molar-refractivity contribution >= 4 is 27.5 Å². The fourth-order valence-electron chi connectivity index (χ4n) is 3.53. The Morgan fingerprint density at radius 2 is 1.96 bits per heavy atom. The molecule has 0 aliphatic heterocycles. The van der Waals surface area contributed by atoms with Crippen molar-refractivity contribution in [3.05, 3.63) is 42.2 Å². The monoisotopic (exact) mass is 362 g/mol. The van der Waals surface area contributed by atoms with Crippen LogP contribution in [-0.2, 0) is 6.54 Å². The molecule has 0 spiro atoms. The predicted molar refractivity (Wildman–Crippen MR) is 108 cm³/mol. The van der Waals surface area contributed by atoms with Gasteiger partial charge in [-0.25, -0.2) is 9.97 Å². The van der Waals surface area contributed by atoms with Crippen molar-refractivity contribution in [3.63, 3.8) is 0 Å². The van der Waals surface area contributed by atoms with E-state index in [-0.39, 0.29) is 5.88 Å². The van der Waals surface area contributed by atoms with E-state index in [0.29, 0.717) is 29.0 Å². The minimum Gasteiger partial charge on any atom is -0.494 e. The smallest absolute Gasteiger partial charge is 0.221 e. The molecule has 0 unspecified atom stereocenters. The van der Waals surface area contributed by atoms with E-state index in [4.69, 9.17) is 15.5 Å².